The first kappa shape index (κ1) is 12.3. The maximum absolute atomic E-state index is 5.53. The van der Waals surface area contributed by atoms with Gasteiger partial charge >= 0.3 is 6.01 Å². The molecule has 0 unspecified atom stereocenters. The Balaban J connectivity index is 1.89. The zero-order chi connectivity index (χ0) is 12.5. The zero-order valence-corrected chi connectivity index (χ0v) is 10.7. The first-order valence-corrected chi connectivity index (χ1v) is 5.84. The van der Waals surface area contributed by atoms with Gasteiger partial charge in [-0.05, 0) is 13.8 Å². The molecule has 6 nitrogen and oxygen atoms in total. The quantitative estimate of drug-likeness (QED) is 0.869. The van der Waals surface area contributed by atoms with Gasteiger partial charge in [-0.3, -0.25) is 0 Å². The monoisotopic (exact) mass is 241 g/mol. The molecule has 0 spiro atoms. The average Bonchev–Trinajstić information content (AvgIpc) is 2.70. The lowest BCUT2D eigenvalue weighted by Crippen LogP contribution is -2.45. The molecule has 2 rings (SSSR count). The molecule has 6 heteroatoms. The summed E-state index contributed by atoms with van der Waals surface area (Å²) in [5.74, 6) is 0.452. The Morgan fingerprint density at radius 1 is 1.29 bits per heavy atom. The van der Waals surface area contributed by atoms with Crippen molar-refractivity contribution in [3.05, 3.63) is 5.82 Å². The van der Waals surface area contributed by atoms with Crippen LogP contribution >= 0.6 is 0 Å². The van der Waals surface area contributed by atoms with Crippen molar-refractivity contribution in [2.75, 3.05) is 18.5 Å². The molecule has 0 aromatic carbocycles. The van der Waals surface area contributed by atoms with Gasteiger partial charge < -0.3 is 19.3 Å². The van der Waals surface area contributed by atoms with Gasteiger partial charge in [0.25, 0.3) is 0 Å². The lowest BCUT2D eigenvalue weighted by molar-refractivity contribution is -0.247. The van der Waals surface area contributed by atoms with Crippen LogP contribution in [0.3, 0.4) is 0 Å². The van der Waals surface area contributed by atoms with Crippen LogP contribution in [0.25, 0.3) is 0 Å². The van der Waals surface area contributed by atoms with E-state index in [4.69, 9.17) is 14.0 Å². The van der Waals surface area contributed by atoms with E-state index in [1.54, 1.807) is 0 Å². The van der Waals surface area contributed by atoms with E-state index in [0.717, 1.165) is 0 Å². The molecule has 96 valence electrons. The molecule has 0 radical (unpaired) electrons. The van der Waals surface area contributed by atoms with Crippen LogP contribution in [-0.2, 0) is 9.47 Å². The Kier molecular flexibility index (Phi) is 3.35. The summed E-state index contributed by atoms with van der Waals surface area (Å²) >= 11 is 0. The normalized spacial score (nSPS) is 20.8. The molecule has 1 aromatic rings. The topological polar surface area (TPSA) is 69.4 Å². The predicted octanol–water partition coefficient (Wildman–Crippen LogP) is 1.76. The molecule has 1 N–H and O–H groups in total. The number of nitrogens with one attached hydrogen (secondary N) is 1. The fraction of sp³-hybridized carbons (Fsp3) is 0.818. The van der Waals surface area contributed by atoms with Crippen LogP contribution in [0.5, 0.6) is 0 Å². The molecule has 1 saturated heterocycles. The van der Waals surface area contributed by atoms with Crippen LogP contribution < -0.4 is 5.32 Å². The van der Waals surface area contributed by atoms with Gasteiger partial charge in [0.2, 0.25) is 0 Å². The van der Waals surface area contributed by atoms with E-state index in [0.29, 0.717) is 25.1 Å². The van der Waals surface area contributed by atoms with Gasteiger partial charge in [-0.25, -0.2) is 0 Å². The molecule has 0 atom stereocenters. The lowest BCUT2D eigenvalue weighted by atomic mass is 10.2. The fourth-order valence-electron chi connectivity index (χ4n) is 1.48. The zero-order valence-electron chi connectivity index (χ0n) is 10.7. The van der Waals surface area contributed by atoms with Crippen molar-refractivity contribution in [2.45, 2.75) is 45.4 Å². The van der Waals surface area contributed by atoms with Gasteiger partial charge in [-0.15, -0.1) is 0 Å². The molecular weight excluding hydrogens is 222 g/mol. The van der Waals surface area contributed by atoms with Crippen molar-refractivity contribution in [1.82, 2.24) is 10.1 Å². The van der Waals surface area contributed by atoms with Gasteiger partial charge in [0, 0.05) is 5.92 Å². The highest BCUT2D eigenvalue weighted by molar-refractivity contribution is 5.21. The van der Waals surface area contributed by atoms with Gasteiger partial charge in [-0.1, -0.05) is 19.0 Å². The lowest BCUT2D eigenvalue weighted by Gasteiger charge is -2.34. The summed E-state index contributed by atoms with van der Waals surface area (Å²) in [5, 5.41) is 6.98. The molecule has 1 aromatic heterocycles. The molecule has 2 heterocycles. The summed E-state index contributed by atoms with van der Waals surface area (Å²) in [4.78, 5) is 4.24. The second-order valence-electron chi connectivity index (χ2n) is 4.98. The summed E-state index contributed by atoms with van der Waals surface area (Å²) in [6, 6.07) is 0.467. The van der Waals surface area contributed by atoms with Crippen molar-refractivity contribution < 1.29 is 14.0 Å². The maximum Gasteiger partial charge on any atom is 0.321 e. The number of hydrogen-bond donors (Lipinski definition) is 1. The molecule has 1 fully saturated rings. The summed E-state index contributed by atoms with van der Waals surface area (Å²) in [6.45, 7) is 8.95. The van der Waals surface area contributed by atoms with Crippen molar-refractivity contribution >= 4 is 6.01 Å². The molecule has 0 aliphatic carbocycles. The summed E-state index contributed by atoms with van der Waals surface area (Å²) in [6.07, 6.45) is 0. The van der Waals surface area contributed by atoms with Crippen molar-refractivity contribution in [3.63, 3.8) is 0 Å². The average molecular weight is 241 g/mol. The Bertz CT molecular complexity index is 366. The second-order valence-corrected chi connectivity index (χ2v) is 4.98. The third-order valence-corrected chi connectivity index (χ3v) is 2.55. The summed E-state index contributed by atoms with van der Waals surface area (Å²) in [7, 11) is 0. The molecule has 1 aliphatic heterocycles. The minimum Gasteiger partial charge on any atom is -0.348 e. The molecule has 1 aliphatic rings. The number of ether oxygens (including phenoxy) is 2. The van der Waals surface area contributed by atoms with Crippen molar-refractivity contribution in [3.8, 4) is 0 Å². The van der Waals surface area contributed by atoms with Crippen molar-refractivity contribution in [1.29, 1.82) is 0 Å². The van der Waals surface area contributed by atoms with Crippen LogP contribution in [0.1, 0.15) is 39.4 Å². The minimum absolute atomic E-state index is 0.0449. The van der Waals surface area contributed by atoms with Crippen LogP contribution in [0.15, 0.2) is 4.52 Å². The Morgan fingerprint density at radius 2 is 1.94 bits per heavy atom. The highest BCUT2D eigenvalue weighted by Crippen LogP contribution is 2.19. The number of anilines is 1. The standard InChI is InChI=1S/C11H19N3O3/c1-7(2)9-13-10(17-14-9)12-8-5-15-11(3,4)16-6-8/h7-8H,5-6H2,1-4H3,(H,12,13,14). The number of rotatable bonds is 3. The van der Waals surface area contributed by atoms with Crippen LogP contribution in [0, 0.1) is 0 Å². The van der Waals surface area contributed by atoms with Crippen LogP contribution in [0.4, 0.5) is 6.01 Å². The summed E-state index contributed by atoms with van der Waals surface area (Å²) < 4.78 is 16.2. The first-order valence-electron chi connectivity index (χ1n) is 5.84. The Morgan fingerprint density at radius 3 is 2.47 bits per heavy atom. The van der Waals surface area contributed by atoms with E-state index in [1.807, 2.05) is 27.7 Å². The van der Waals surface area contributed by atoms with Gasteiger partial charge in [0.05, 0.1) is 19.3 Å². The highest BCUT2D eigenvalue weighted by atomic mass is 16.7. The highest BCUT2D eigenvalue weighted by Gasteiger charge is 2.29. The van der Waals surface area contributed by atoms with E-state index in [-0.39, 0.29) is 12.0 Å². The molecular formula is C11H19N3O3. The summed E-state index contributed by atoms with van der Waals surface area (Å²) in [5.41, 5.74) is 0. The third kappa shape index (κ3) is 3.17. The van der Waals surface area contributed by atoms with E-state index >= 15 is 0 Å². The van der Waals surface area contributed by atoms with Crippen molar-refractivity contribution in [2.24, 2.45) is 0 Å². The first-order chi connectivity index (χ1) is 7.96. The van der Waals surface area contributed by atoms with Gasteiger partial charge in [0.1, 0.15) is 0 Å². The van der Waals surface area contributed by atoms with Gasteiger partial charge in [-0.2, -0.15) is 4.98 Å². The Labute approximate surface area is 101 Å². The van der Waals surface area contributed by atoms with Gasteiger partial charge in [0.15, 0.2) is 11.6 Å². The SMILES string of the molecule is CC(C)c1noc(NC2COC(C)(C)OC2)n1. The number of nitrogens with zero attached hydrogens (tertiary/aromatic N) is 2. The predicted molar refractivity (Wildman–Crippen MR) is 61.8 cm³/mol. The maximum atomic E-state index is 5.53. The molecule has 17 heavy (non-hydrogen) atoms. The molecule has 0 saturated carbocycles. The van der Waals surface area contributed by atoms with Crippen LogP contribution in [0.2, 0.25) is 0 Å². The van der Waals surface area contributed by atoms with E-state index in [1.165, 1.54) is 0 Å². The molecule has 0 bridgehead atoms. The van der Waals surface area contributed by atoms with E-state index in [9.17, 15) is 0 Å². The second kappa shape index (κ2) is 4.62. The largest absolute Gasteiger partial charge is 0.348 e. The van der Waals surface area contributed by atoms with E-state index < -0.39 is 5.79 Å². The Hall–Kier alpha value is -1.14. The fourth-order valence-corrected chi connectivity index (χ4v) is 1.48. The number of aromatic nitrogens is 2. The number of hydrogen-bond acceptors (Lipinski definition) is 6. The minimum atomic E-state index is -0.504. The van der Waals surface area contributed by atoms with E-state index in [2.05, 4.69) is 15.5 Å². The molecule has 0 amide bonds. The smallest absolute Gasteiger partial charge is 0.321 e. The van der Waals surface area contributed by atoms with Crippen LogP contribution in [-0.4, -0.2) is 35.2 Å². The third-order valence-electron chi connectivity index (χ3n) is 2.55.